The third-order valence-corrected chi connectivity index (χ3v) is 4.55. The second-order valence-electron chi connectivity index (χ2n) is 5.65. The lowest BCUT2D eigenvalue weighted by Crippen LogP contribution is -2.49. The van der Waals surface area contributed by atoms with E-state index < -0.39 is 0 Å². The van der Waals surface area contributed by atoms with E-state index in [0.717, 1.165) is 31.5 Å². The molecule has 1 fully saturated rings. The number of carbonyl (C=O) groups excluding carboxylic acids is 1. The molecular formula is C14H20N4O2. The standard InChI is InChI=1S/C14H20N4O2/c1-18-12-11(13(20-2)16-9-15-12)17-10(19)8-14(18)6-4-3-5-7-14/h9H,3-8H2,1-2H3,(H,17,19). The van der Waals surface area contributed by atoms with Gasteiger partial charge in [-0.2, -0.15) is 4.98 Å². The van der Waals surface area contributed by atoms with Gasteiger partial charge in [-0.3, -0.25) is 4.79 Å². The van der Waals surface area contributed by atoms with Crippen LogP contribution in [0.25, 0.3) is 0 Å². The number of amides is 1. The highest BCUT2D eigenvalue weighted by atomic mass is 16.5. The Hall–Kier alpha value is -1.85. The van der Waals surface area contributed by atoms with Gasteiger partial charge in [-0.15, -0.1) is 0 Å². The fourth-order valence-corrected chi connectivity index (χ4v) is 3.43. The van der Waals surface area contributed by atoms with E-state index in [2.05, 4.69) is 20.2 Å². The molecule has 2 aliphatic rings. The number of fused-ring (bicyclic) bond motifs is 1. The van der Waals surface area contributed by atoms with E-state index in [0.29, 0.717) is 18.0 Å². The summed E-state index contributed by atoms with van der Waals surface area (Å²) in [5.74, 6) is 1.19. The molecule has 3 rings (SSSR count). The molecule has 0 bridgehead atoms. The average Bonchev–Trinajstić information content (AvgIpc) is 2.56. The number of aromatic nitrogens is 2. The second kappa shape index (κ2) is 4.92. The molecule has 0 saturated heterocycles. The molecule has 1 spiro atoms. The van der Waals surface area contributed by atoms with Crippen molar-refractivity contribution in [1.82, 2.24) is 9.97 Å². The van der Waals surface area contributed by atoms with Crippen LogP contribution in [0.2, 0.25) is 0 Å². The lowest BCUT2D eigenvalue weighted by molar-refractivity contribution is -0.117. The summed E-state index contributed by atoms with van der Waals surface area (Å²) in [7, 11) is 3.58. The molecule has 20 heavy (non-hydrogen) atoms. The fourth-order valence-electron chi connectivity index (χ4n) is 3.43. The number of nitrogens with one attached hydrogen (secondary N) is 1. The zero-order valence-electron chi connectivity index (χ0n) is 12.0. The third kappa shape index (κ3) is 1.99. The number of anilines is 2. The summed E-state index contributed by atoms with van der Waals surface area (Å²) < 4.78 is 5.25. The van der Waals surface area contributed by atoms with Gasteiger partial charge in [0, 0.05) is 7.05 Å². The number of rotatable bonds is 1. The maximum atomic E-state index is 12.3. The topological polar surface area (TPSA) is 67.4 Å². The molecule has 0 atom stereocenters. The highest BCUT2D eigenvalue weighted by molar-refractivity contribution is 5.98. The molecular weight excluding hydrogens is 256 g/mol. The van der Waals surface area contributed by atoms with Crippen LogP contribution in [-0.4, -0.2) is 35.6 Å². The molecule has 1 aromatic heterocycles. The summed E-state index contributed by atoms with van der Waals surface area (Å²) in [5.41, 5.74) is 0.470. The highest BCUT2D eigenvalue weighted by Gasteiger charge is 2.42. The molecule has 6 heteroatoms. The van der Waals surface area contributed by atoms with Crippen molar-refractivity contribution in [1.29, 1.82) is 0 Å². The van der Waals surface area contributed by atoms with E-state index in [1.54, 1.807) is 7.11 Å². The Balaban J connectivity index is 2.09. The first-order chi connectivity index (χ1) is 9.66. The summed E-state index contributed by atoms with van der Waals surface area (Å²) in [6.07, 6.45) is 7.62. The van der Waals surface area contributed by atoms with Gasteiger partial charge < -0.3 is 15.0 Å². The van der Waals surface area contributed by atoms with E-state index in [1.807, 2.05) is 7.05 Å². The number of nitrogens with zero attached hydrogens (tertiary/aromatic N) is 3. The zero-order chi connectivity index (χ0) is 14.2. The number of carbonyl (C=O) groups is 1. The van der Waals surface area contributed by atoms with Crippen LogP contribution in [0.15, 0.2) is 6.33 Å². The maximum Gasteiger partial charge on any atom is 0.242 e. The predicted octanol–water partition coefficient (Wildman–Crippen LogP) is 1.97. The van der Waals surface area contributed by atoms with Crippen molar-refractivity contribution in [2.75, 3.05) is 24.4 Å². The van der Waals surface area contributed by atoms with Crippen molar-refractivity contribution in [2.24, 2.45) is 0 Å². The summed E-state index contributed by atoms with van der Waals surface area (Å²) in [4.78, 5) is 22.9. The van der Waals surface area contributed by atoms with E-state index in [-0.39, 0.29) is 11.4 Å². The Bertz CT molecular complexity index is 526. The monoisotopic (exact) mass is 276 g/mol. The molecule has 6 nitrogen and oxygen atoms in total. The van der Waals surface area contributed by atoms with E-state index in [1.165, 1.54) is 12.7 Å². The van der Waals surface area contributed by atoms with Gasteiger partial charge >= 0.3 is 0 Å². The van der Waals surface area contributed by atoms with Crippen LogP contribution in [-0.2, 0) is 4.79 Å². The first kappa shape index (κ1) is 13.1. The normalized spacial score (nSPS) is 21.1. The number of hydrogen-bond acceptors (Lipinski definition) is 5. The van der Waals surface area contributed by atoms with Gasteiger partial charge in [-0.05, 0) is 12.8 Å². The summed E-state index contributed by atoms with van der Waals surface area (Å²) in [6.45, 7) is 0. The van der Waals surface area contributed by atoms with Crippen molar-refractivity contribution >= 4 is 17.4 Å². The smallest absolute Gasteiger partial charge is 0.242 e. The van der Waals surface area contributed by atoms with Gasteiger partial charge in [-0.25, -0.2) is 4.98 Å². The van der Waals surface area contributed by atoms with Gasteiger partial charge in [0.25, 0.3) is 0 Å². The molecule has 1 N–H and O–H groups in total. The van der Waals surface area contributed by atoms with Crippen LogP contribution in [0.5, 0.6) is 5.88 Å². The quantitative estimate of drug-likeness (QED) is 0.849. The Morgan fingerprint density at radius 3 is 2.75 bits per heavy atom. The van der Waals surface area contributed by atoms with Crippen molar-refractivity contribution < 1.29 is 9.53 Å². The van der Waals surface area contributed by atoms with Crippen molar-refractivity contribution in [3.05, 3.63) is 6.33 Å². The Morgan fingerprint density at radius 2 is 2.05 bits per heavy atom. The molecule has 2 heterocycles. The number of ether oxygens (including phenoxy) is 1. The minimum Gasteiger partial charge on any atom is -0.479 e. The molecule has 0 unspecified atom stereocenters. The largest absolute Gasteiger partial charge is 0.479 e. The highest BCUT2D eigenvalue weighted by Crippen LogP contribution is 2.44. The van der Waals surface area contributed by atoms with E-state index in [9.17, 15) is 4.79 Å². The van der Waals surface area contributed by atoms with Crippen LogP contribution in [0.4, 0.5) is 11.5 Å². The minimum atomic E-state index is -0.118. The summed E-state index contributed by atoms with van der Waals surface area (Å²) in [6, 6.07) is 0. The molecule has 0 radical (unpaired) electrons. The Labute approximate surface area is 118 Å². The van der Waals surface area contributed by atoms with Gasteiger partial charge in [-0.1, -0.05) is 19.3 Å². The van der Waals surface area contributed by atoms with Gasteiger partial charge in [0.15, 0.2) is 5.82 Å². The summed E-state index contributed by atoms with van der Waals surface area (Å²) >= 11 is 0. The van der Waals surface area contributed by atoms with Gasteiger partial charge in [0.05, 0.1) is 19.1 Å². The van der Waals surface area contributed by atoms with Gasteiger partial charge in [0.2, 0.25) is 11.8 Å². The predicted molar refractivity (Wildman–Crippen MR) is 76.0 cm³/mol. The molecule has 1 saturated carbocycles. The SMILES string of the molecule is COc1ncnc2c1NC(=O)CC1(CCCCC1)N2C. The second-order valence-corrected chi connectivity index (χ2v) is 5.65. The average molecular weight is 276 g/mol. The zero-order valence-corrected chi connectivity index (χ0v) is 12.0. The van der Waals surface area contributed by atoms with Crippen molar-refractivity contribution in [2.45, 2.75) is 44.1 Å². The first-order valence-corrected chi connectivity index (χ1v) is 7.09. The first-order valence-electron chi connectivity index (χ1n) is 7.09. The van der Waals surface area contributed by atoms with E-state index in [4.69, 9.17) is 4.74 Å². The van der Waals surface area contributed by atoms with Gasteiger partial charge in [0.1, 0.15) is 12.0 Å². The lowest BCUT2D eigenvalue weighted by atomic mass is 9.78. The number of hydrogen-bond donors (Lipinski definition) is 1. The Morgan fingerprint density at radius 1 is 1.30 bits per heavy atom. The summed E-state index contributed by atoms with van der Waals surface area (Å²) in [5, 5.41) is 2.91. The molecule has 0 aromatic carbocycles. The van der Waals surface area contributed by atoms with Crippen LogP contribution < -0.4 is 15.0 Å². The molecule has 1 aliphatic carbocycles. The third-order valence-electron chi connectivity index (χ3n) is 4.55. The Kier molecular flexibility index (Phi) is 3.23. The van der Waals surface area contributed by atoms with Crippen LogP contribution in [0.3, 0.4) is 0 Å². The van der Waals surface area contributed by atoms with E-state index >= 15 is 0 Å². The fraction of sp³-hybridized carbons (Fsp3) is 0.643. The molecule has 108 valence electrons. The minimum absolute atomic E-state index is 0.0191. The molecule has 1 amide bonds. The van der Waals surface area contributed by atoms with Crippen molar-refractivity contribution in [3.8, 4) is 5.88 Å². The van der Waals surface area contributed by atoms with Crippen LogP contribution >= 0.6 is 0 Å². The molecule has 1 aliphatic heterocycles. The van der Waals surface area contributed by atoms with Crippen molar-refractivity contribution in [3.63, 3.8) is 0 Å². The van der Waals surface area contributed by atoms with Crippen LogP contribution in [0.1, 0.15) is 38.5 Å². The molecule has 1 aromatic rings. The maximum absolute atomic E-state index is 12.3. The van der Waals surface area contributed by atoms with Crippen LogP contribution in [0, 0.1) is 0 Å². The lowest BCUT2D eigenvalue weighted by Gasteiger charge is -2.43. The number of methoxy groups -OCH3 is 1.